The molecule has 398 valence electrons. The number of piperazine rings is 1. The molecule has 0 bridgehead atoms. The van der Waals surface area contributed by atoms with E-state index >= 15 is 4.39 Å². The first kappa shape index (κ1) is 57.2. The number of nitrogens with one attached hydrogen (secondary N) is 3. The van der Waals surface area contributed by atoms with Gasteiger partial charge in [0.15, 0.2) is 0 Å². The summed E-state index contributed by atoms with van der Waals surface area (Å²) in [4.78, 5) is 100. The van der Waals surface area contributed by atoms with Gasteiger partial charge in [-0.15, -0.1) is 5.06 Å². The van der Waals surface area contributed by atoms with Crippen molar-refractivity contribution >= 4 is 117 Å². The molecule has 2 atom stereocenters. The molecule has 8 rings (SSSR count). The topological polar surface area (TPSA) is 218 Å². The van der Waals surface area contributed by atoms with Crippen LogP contribution in [0.2, 0.25) is 0 Å². The normalized spacial score (nSPS) is 17.5. The Morgan fingerprint density at radius 3 is 2.41 bits per heavy atom. The van der Waals surface area contributed by atoms with Crippen LogP contribution in [0.1, 0.15) is 98.2 Å². The number of carbonyl (C=O) groups excluding carboxylic acids is 7. The summed E-state index contributed by atoms with van der Waals surface area (Å²) in [5.41, 5.74) is 7.11. The van der Waals surface area contributed by atoms with Gasteiger partial charge in [0.25, 0.3) is 17.7 Å². The van der Waals surface area contributed by atoms with Crippen molar-refractivity contribution in [1.29, 1.82) is 0 Å². The lowest BCUT2D eigenvalue weighted by atomic mass is 10.0. The first-order valence-electron chi connectivity index (χ1n) is 24.4. The molecule has 6 amide bonds. The number of pyridine rings is 1. The monoisotopic (exact) mass is 1290 g/mol. The minimum atomic E-state index is -0.693. The highest BCUT2D eigenvalue weighted by atomic mass is 128. The first-order chi connectivity index (χ1) is 36.2. The number of benzene rings is 3. The minimum Gasteiger partial charge on any atom is -0.493 e. The summed E-state index contributed by atoms with van der Waals surface area (Å²) in [6.07, 6.45) is 5.55. The number of aromatic nitrogens is 1. The molecule has 4 aromatic rings. The second-order valence-corrected chi connectivity index (χ2v) is 21.7. The number of nitrogens with zero attached hydrogens (tertiary/aromatic N) is 5. The number of anilines is 2. The van der Waals surface area contributed by atoms with Crippen LogP contribution in [0.25, 0.3) is 0 Å². The summed E-state index contributed by atoms with van der Waals surface area (Å²) < 4.78 is 26.2. The van der Waals surface area contributed by atoms with E-state index in [1.54, 1.807) is 76.4 Å². The Bertz CT molecular complexity index is 2740. The maximum absolute atomic E-state index is 15.0. The SMILES string of the molecule is CC(C)(CC(=O)N/N=C1\CCOc2cc(OCCCC(=O)ON3C(=O)CCC3=O)ccc21)SSCCC(=O)N1CCN(c2ccc(C(=O)NCc3ccc(NC(=O)[C@H]4C[C@@H]4c4cccnc4)cc3F)cc2)CC1.II. The lowest BCUT2D eigenvalue weighted by Gasteiger charge is -2.36. The van der Waals surface area contributed by atoms with Crippen LogP contribution in [0.4, 0.5) is 15.8 Å². The zero-order valence-electron chi connectivity index (χ0n) is 41.3. The number of hydrazone groups is 1. The number of hydrogen-bond donors (Lipinski definition) is 3. The molecule has 3 aliphatic heterocycles. The van der Waals surface area contributed by atoms with Gasteiger partial charge in [0, 0.05) is 165 Å². The van der Waals surface area contributed by atoms with Gasteiger partial charge in [-0.25, -0.2) is 14.6 Å². The van der Waals surface area contributed by atoms with E-state index < -0.39 is 28.3 Å². The highest BCUT2D eigenvalue weighted by Gasteiger charge is 2.44. The predicted molar refractivity (Wildman–Crippen MR) is 301 cm³/mol. The summed E-state index contributed by atoms with van der Waals surface area (Å²) in [6, 6.07) is 20.7. The van der Waals surface area contributed by atoms with Crippen molar-refractivity contribution in [3.8, 4) is 11.5 Å². The number of hydrogen-bond acceptors (Lipinski definition) is 15. The Balaban J connectivity index is 0.00000405. The lowest BCUT2D eigenvalue weighted by molar-refractivity contribution is -0.197. The summed E-state index contributed by atoms with van der Waals surface area (Å²) in [5, 5.41) is 10.5. The standard InChI is InChI=1S/C52H57FN8O10S2.I2/c1-52(2,30-45(62)58-57-43-17-25-70-44-28-38(13-14-39(43)44)69-24-4-6-49(66)71-61-47(64)15-16-48(61)65)73-72-26-18-46(63)60-22-20-59(21-23-60)37-11-8-33(9-12-37)50(67)55-32-35-7-10-36(27-42(35)53)56-51(68)41-29-40(41)34-5-3-19-54-31-34;1-2/h3,5,7-14,19,27-28,31,40-41H,4,6,15-18,20-26,29-30,32H2,1-2H3,(H,55,67)(H,56,68)(H,58,62);/b57-43+;/t40-,41+;/m1./s1. The van der Waals surface area contributed by atoms with Crippen LogP contribution in [0.15, 0.2) is 90.3 Å². The van der Waals surface area contributed by atoms with E-state index in [1.165, 1.54) is 6.07 Å². The fourth-order valence-electron chi connectivity index (χ4n) is 8.51. The molecule has 0 spiro atoms. The molecular weight excluding hydrogens is 1230 g/mol. The molecule has 3 aromatic carbocycles. The van der Waals surface area contributed by atoms with E-state index in [0.29, 0.717) is 96.9 Å². The first-order valence-corrected chi connectivity index (χ1v) is 33.0. The summed E-state index contributed by atoms with van der Waals surface area (Å²) in [7, 11) is 3.11. The van der Waals surface area contributed by atoms with Gasteiger partial charge in [0.1, 0.15) is 17.3 Å². The maximum atomic E-state index is 15.0. The molecule has 0 unspecified atom stereocenters. The number of fused-ring (bicyclic) bond motifs is 1. The average Bonchev–Trinajstić information content (AvgIpc) is 4.17. The number of halogens is 3. The highest BCUT2D eigenvalue weighted by Crippen LogP contribution is 2.47. The summed E-state index contributed by atoms with van der Waals surface area (Å²) in [5.74, 6) is -1.38. The smallest absolute Gasteiger partial charge is 0.333 e. The van der Waals surface area contributed by atoms with Crippen LogP contribution in [0.3, 0.4) is 0 Å². The van der Waals surface area contributed by atoms with Gasteiger partial charge in [-0.2, -0.15) is 5.10 Å². The third-order valence-electron chi connectivity index (χ3n) is 12.6. The number of ether oxygens (including phenoxy) is 2. The number of amides is 6. The molecule has 0 radical (unpaired) electrons. The van der Waals surface area contributed by atoms with Crippen LogP contribution < -0.4 is 30.4 Å². The van der Waals surface area contributed by atoms with Gasteiger partial charge in [-0.1, -0.05) is 33.7 Å². The Morgan fingerprint density at radius 2 is 1.69 bits per heavy atom. The highest BCUT2D eigenvalue weighted by molar-refractivity contribution is 15.0. The molecule has 2 saturated heterocycles. The number of carbonyl (C=O) groups is 7. The molecule has 23 heteroatoms. The van der Waals surface area contributed by atoms with Gasteiger partial charge < -0.3 is 34.7 Å². The quantitative estimate of drug-likeness (QED) is 0.0235. The van der Waals surface area contributed by atoms with Gasteiger partial charge >= 0.3 is 5.97 Å². The largest absolute Gasteiger partial charge is 0.493 e. The third kappa shape index (κ3) is 16.5. The second kappa shape index (κ2) is 27.5. The lowest BCUT2D eigenvalue weighted by Crippen LogP contribution is -2.48. The van der Waals surface area contributed by atoms with Crippen molar-refractivity contribution in [2.45, 2.75) is 82.4 Å². The molecule has 4 heterocycles. The third-order valence-corrected chi connectivity index (χ3v) is 15.9. The Kier molecular flexibility index (Phi) is 21.0. The van der Waals surface area contributed by atoms with E-state index in [-0.39, 0.29) is 74.3 Å². The van der Waals surface area contributed by atoms with Crippen LogP contribution in [0.5, 0.6) is 11.5 Å². The minimum absolute atomic E-state index is 0.0219. The second-order valence-electron chi connectivity index (χ2n) is 18.6. The molecule has 3 fully saturated rings. The average molecular weight is 1290 g/mol. The Labute approximate surface area is 465 Å². The van der Waals surface area contributed by atoms with E-state index in [2.05, 4.69) is 68.3 Å². The fraction of sp³-hybridized carbons (Fsp3) is 0.404. The molecular formula is C52H57FI2N8O10S2. The predicted octanol–water partition coefficient (Wildman–Crippen LogP) is 8.32. The zero-order chi connectivity index (χ0) is 53.5. The van der Waals surface area contributed by atoms with Crippen LogP contribution in [-0.2, 0) is 40.1 Å². The van der Waals surface area contributed by atoms with Gasteiger partial charge in [-0.3, -0.25) is 33.8 Å². The number of rotatable bonds is 21. The summed E-state index contributed by atoms with van der Waals surface area (Å²) >= 11 is 4.24. The van der Waals surface area contributed by atoms with E-state index in [1.807, 2.05) is 43.0 Å². The van der Waals surface area contributed by atoms with Gasteiger partial charge in [-0.05, 0) is 92.8 Å². The van der Waals surface area contributed by atoms with Gasteiger partial charge in [0.2, 0.25) is 17.7 Å². The molecule has 18 nitrogen and oxygen atoms in total. The van der Waals surface area contributed by atoms with E-state index in [0.717, 1.165) is 23.2 Å². The van der Waals surface area contributed by atoms with Gasteiger partial charge in [0.05, 0.1) is 25.3 Å². The van der Waals surface area contributed by atoms with Crippen molar-refractivity contribution in [2.24, 2.45) is 11.0 Å². The molecule has 3 N–H and O–H groups in total. The van der Waals surface area contributed by atoms with Crippen molar-refractivity contribution in [3.05, 3.63) is 113 Å². The fourth-order valence-corrected chi connectivity index (χ4v) is 11.0. The zero-order valence-corrected chi connectivity index (χ0v) is 47.3. The molecule has 1 aliphatic carbocycles. The molecule has 75 heavy (non-hydrogen) atoms. The van der Waals surface area contributed by atoms with Crippen molar-refractivity contribution < 1.29 is 52.3 Å². The molecule has 1 saturated carbocycles. The number of hydroxylamine groups is 2. The Morgan fingerprint density at radius 1 is 0.933 bits per heavy atom. The molecule has 4 aliphatic rings. The maximum Gasteiger partial charge on any atom is 0.333 e. The molecule has 1 aromatic heterocycles. The van der Waals surface area contributed by atoms with E-state index in [9.17, 15) is 33.6 Å². The van der Waals surface area contributed by atoms with Crippen LogP contribution in [0, 0.1) is 11.7 Å². The van der Waals surface area contributed by atoms with E-state index in [4.69, 9.17) is 14.3 Å². The van der Waals surface area contributed by atoms with Crippen LogP contribution in [-0.4, -0.2) is 112 Å². The number of imide groups is 1. The van der Waals surface area contributed by atoms with Crippen molar-refractivity contribution in [3.63, 3.8) is 0 Å². The Hall–Kier alpha value is -5.54. The van der Waals surface area contributed by atoms with Crippen LogP contribution >= 0.6 is 58.8 Å². The van der Waals surface area contributed by atoms with Crippen molar-refractivity contribution in [1.82, 2.24) is 25.7 Å². The van der Waals surface area contributed by atoms with Crippen molar-refractivity contribution in [2.75, 3.05) is 55.4 Å². The summed E-state index contributed by atoms with van der Waals surface area (Å²) in [6.45, 7) is 6.87.